The van der Waals surface area contributed by atoms with Crippen LogP contribution in [0.5, 0.6) is 5.75 Å². The lowest BCUT2D eigenvalue weighted by Crippen LogP contribution is -2.01. The third-order valence-corrected chi connectivity index (χ3v) is 5.39. The van der Waals surface area contributed by atoms with Crippen molar-refractivity contribution in [2.75, 3.05) is 12.8 Å². The van der Waals surface area contributed by atoms with Gasteiger partial charge >= 0.3 is 5.97 Å². The van der Waals surface area contributed by atoms with Crippen molar-refractivity contribution in [2.24, 2.45) is 0 Å². The van der Waals surface area contributed by atoms with E-state index in [-0.39, 0.29) is 5.92 Å². The van der Waals surface area contributed by atoms with Crippen LogP contribution in [-0.4, -0.2) is 28.2 Å². The van der Waals surface area contributed by atoms with Gasteiger partial charge in [-0.1, -0.05) is 31.2 Å². The van der Waals surface area contributed by atoms with Gasteiger partial charge in [-0.05, 0) is 59.4 Å². The molecule has 31 heavy (non-hydrogen) atoms. The van der Waals surface area contributed by atoms with Gasteiger partial charge < -0.3 is 15.6 Å². The van der Waals surface area contributed by atoms with Crippen molar-refractivity contribution in [2.45, 2.75) is 19.3 Å². The van der Waals surface area contributed by atoms with Crippen LogP contribution in [0.4, 0.5) is 5.82 Å². The number of nitrogens with two attached hydrogens (primary N) is 1. The van der Waals surface area contributed by atoms with Crippen LogP contribution in [0.25, 0.3) is 27.9 Å². The predicted molar refractivity (Wildman–Crippen MR) is 123 cm³/mol. The van der Waals surface area contributed by atoms with Crippen LogP contribution >= 0.6 is 0 Å². The number of carboxylic acid groups (broad SMARTS) is 1. The minimum Gasteiger partial charge on any atom is -0.497 e. The summed E-state index contributed by atoms with van der Waals surface area (Å²) in [6.07, 6.45) is 5.38. The topological polar surface area (TPSA) is 98.3 Å². The van der Waals surface area contributed by atoms with Crippen LogP contribution in [-0.2, 0) is 11.2 Å². The summed E-state index contributed by atoms with van der Waals surface area (Å²) in [4.78, 5) is 19.9. The number of carboxylic acids is 1. The first-order valence-electron chi connectivity index (χ1n) is 9.97. The summed E-state index contributed by atoms with van der Waals surface area (Å²) in [6, 6.07) is 15.9. The molecule has 2 heterocycles. The fourth-order valence-electron chi connectivity index (χ4n) is 3.72. The van der Waals surface area contributed by atoms with Crippen LogP contribution in [0.15, 0.2) is 60.8 Å². The monoisotopic (exact) mass is 413 g/mol. The largest absolute Gasteiger partial charge is 0.497 e. The summed E-state index contributed by atoms with van der Waals surface area (Å²) >= 11 is 0. The second kappa shape index (κ2) is 8.44. The Hall–Kier alpha value is -3.93. The quantitative estimate of drug-likeness (QED) is 0.347. The molecule has 2 aromatic heterocycles. The first-order valence-corrected chi connectivity index (χ1v) is 9.97. The first-order chi connectivity index (χ1) is 14.9. The average Bonchev–Trinajstić information content (AvgIpc) is 2.77. The molecular formula is C25H23N3O3. The van der Waals surface area contributed by atoms with E-state index >= 15 is 0 Å². The van der Waals surface area contributed by atoms with Gasteiger partial charge in [0.2, 0.25) is 0 Å². The van der Waals surface area contributed by atoms with Crippen molar-refractivity contribution in [1.29, 1.82) is 0 Å². The van der Waals surface area contributed by atoms with E-state index in [1.54, 1.807) is 7.11 Å². The molecule has 6 heteroatoms. The van der Waals surface area contributed by atoms with Crippen molar-refractivity contribution in [3.05, 3.63) is 77.5 Å². The van der Waals surface area contributed by atoms with Crippen LogP contribution in [0.3, 0.4) is 0 Å². The number of hydrogen-bond donors (Lipinski definition) is 2. The molecule has 2 aromatic carbocycles. The van der Waals surface area contributed by atoms with Gasteiger partial charge in [0, 0.05) is 23.0 Å². The maximum atomic E-state index is 10.8. The zero-order chi connectivity index (χ0) is 22.0. The summed E-state index contributed by atoms with van der Waals surface area (Å²) in [7, 11) is 1.66. The summed E-state index contributed by atoms with van der Waals surface area (Å²) in [6.45, 7) is 2.18. The average molecular weight is 413 g/mol. The van der Waals surface area contributed by atoms with Gasteiger partial charge in [0.15, 0.2) is 5.82 Å². The number of aromatic nitrogens is 2. The second-order valence-corrected chi connectivity index (χ2v) is 7.56. The highest BCUT2D eigenvalue weighted by Crippen LogP contribution is 2.31. The zero-order valence-electron chi connectivity index (χ0n) is 17.4. The Balaban J connectivity index is 1.72. The molecule has 0 radical (unpaired) electrons. The van der Waals surface area contributed by atoms with E-state index in [1.807, 2.05) is 36.5 Å². The van der Waals surface area contributed by atoms with E-state index < -0.39 is 5.97 Å². The fourth-order valence-corrected chi connectivity index (χ4v) is 3.72. The molecule has 0 fully saturated rings. The Bertz CT molecular complexity index is 1300. The molecule has 4 aromatic rings. The molecule has 0 bridgehead atoms. The first kappa shape index (κ1) is 20.3. The maximum Gasteiger partial charge on any atom is 0.328 e. The number of benzene rings is 2. The molecule has 156 valence electrons. The minimum atomic E-state index is -0.995. The van der Waals surface area contributed by atoms with Gasteiger partial charge in [-0.25, -0.2) is 9.78 Å². The molecule has 3 N–H and O–H groups in total. The minimum absolute atomic E-state index is 0.257. The third-order valence-electron chi connectivity index (χ3n) is 5.39. The highest BCUT2D eigenvalue weighted by molar-refractivity contribution is 6.08. The van der Waals surface area contributed by atoms with Crippen molar-refractivity contribution in [1.82, 2.24) is 9.97 Å². The Kier molecular flexibility index (Phi) is 5.54. The Morgan fingerprint density at radius 3 is 2.65 bits per heavy atom. The highest BCUT2D eigenvalue weighted by Gasteiger charge is 2.13. The van der Waals surface area contributed by atoms with E-state index in [0.717, 1.165) is 40.1 Å². The van der Waals surface area contributed by atoms with Crippen molar-refractivity contribution >= 4 is 39.7 Å². The standard InChI is InChI=1S/C25H23N3O3/c1-15(11-16-3-7-19(31-2)8-4-16)18-13-21-20-9-5-17(6-10-23(29)30)12-22(20)28-25(26)24(21)27-14-18/h3-10,12-15H,11H2,1-2H3,(H2,26,28)(H,29,30). The van der Waals surface area contributed by atoms with E-state index in [4.69, 9.17) is 15.6 Å². The van der Waals surface area contributed by atoms with Crippen molar-refractivity contribution in [3.63, 3.8) is 0 Å². The van der Waals surface area contributed by atoms with Crippen LogP contribution in [0.1, 0.15) is 29.5 Å². The molecule has 0 aliphatic carbocycles. The number of fused-ring (bicyclic) bond motifs is 3. The molecule has 4 rings (SSSR count). The molecule has 6 nitrogen and oxygen atoms in total. The Labute approximate surface area is 180 Å². The fraction of sp³-hybridized carbons (Fsp3) is 0.160. The molecule has 0 saturated heterocycles. The van der Waals surface area contributed by atoms with Crippen molar-refractivity contribution in [3.8, 4) is 5.75 Å². The van der Waals surface area contributed by atoms with Gasteiger partial charge in [-0.15, -0.1) is 0 Å². The van der Waals surface area contributed by atoms with E-state index in [9.17, 15) is 4.79 Å². The van der Waals surface area contributed by atoms with Gasteiger partial charge in [0.05, 0.1) is 12.6 Å². The maximum absolute atomic E-state index is 10.8. The number of aliphatic carboxylic acids is 1. The smallest absolute Gasteiger partial charge is 0.328 e. The number of nitrogen functional groups attached to an aromatic ring is 1. The predicted octanol–water partition coefficient (Wildman–Crippen LogP) is 4.82. The van der Waals surface area contributed by atoms with Crippen molar-refractivity contribution < 1.29 is 14.6 Å². The van der Waals surface area contributed by atoms with Crippen LogP contribution < -0.4 is 10.5 Å². The lowest BCUT2D eigenvalue weighted by Gasteiger charge is -2.14. The zero-order valence-corrected chi connectivity index (χ0v) is 17.4. The molecular weight excluding hydrogens is 390 g/mol. The number of rotatable bonds is 6. The van der Waals surface area contributed by atoms with Gasteiger partial charge in [-0.2, -0.15) is 0 Å². The summed E-state index contributed by atoms with van der Waals surface area (Å²) in [5.74, 6) is 0.463. The second-order valence-electron chi connectivity index (χ2n) is 7.56. The molecule has 1 unspecified atom stereocenters. The number of carbonyl (C=O) groups is 1. The normalized spacial score (nSPS) is 12.5. The van der Waals surface area contributed by atoms with E-state index in [0.29, 0.717) is 16.9 Å². The summed E-state index contributed by atoms with van der Waals surface area (Å²) in [5, 5.41) is 10.7. The Morgan fingerprint density at radius 1 is 1.16 bits per heavy atom. The lowest BCUT2D eigenvalue weighted by molar-refractivity contribution is -0.131. The number of nitrogens with zero attached hydrogens (tertiary/aromatic N) is 2. The van der Waals surface area contributed by atoms with E-state index in [1.165, 1.54) is 11.6 Å². The van der Waals surface area contributed by atoms with Gasteiger partial charge in [0.1, 0.15) is 11.3 Å². The van der Waals surface area contributed by atoms with Gasteiger partial charge in [0.25, 0.3) is 0 Å². The number of ether oxygens (including phenoxy) is 1. The van der Waals surface area contributed by atoms with Gasteiger partial charge in [-0.3, -0.25) is 4.98 Å². The summed E-state index contributed by atoms with van der Waals surface area (Å²) < 4.78 is 5.23. The molecule has 0 spiro atoms. The number of anilines is 1. The molecule has 0 amide bonds. The van der Waals surface area contributed by atoms with Crippen LogP contribution in [0, 0.1) is 0 Å². The summed E-state index contributed by atoms with van der Waals surface area (Å²) in [5.41, 5.74) is 10.6. The molecule has 0 aliphatic heterocycles. The molecule has 0 saturated carbocycles. The number of pyridine rings is 2. The SMILES string of the molecule is COc1ccc(CC(C)c2cnc3c(N)nc4cc(C=CC(=O)O)ccc4c3c2)cc1. The number of methoxy groups -OCH3 is 1. The lowest BCUT2D eigenvalue weighted by atomic mass is 9.93. The Morgan fingerprint density at radius 2 is 1.94 bits per heavy atom. The van der Waals surface area contributed by atoms with E-state index in [2.05, 4.69) is 35.1 Å². The number of hydrogen-bond acceptors (Lipinski definition) is 5. The third kappa shape index (κ3) is 4.33. The molecule has 0 aliphatic rings. The molecule has 1 atom stereocenters. The van der Waals surface area contributed by atoms with Crippen LogP contribution in [0.2, 0.25) is 0 Å². The highest BCUT2D eigenvalue weighted by atomic mass is 16.5.